The lowest BCUT2D eigenvalue weighted by Gasteiger charge is -2.07. The molecule has 4 aromatic heterocycles. The van der Waals surface area contributed by atoms with Gasteiger partial charge in [0.2, 0.25) is 5.91 Å². The molecule has 0 aliphatic carbocycles. The molecule has 182 valence electrons. The highest BCUT2D eigenvalue weighted by atomic mass is 16.1. The normalized spacial score (nSPS) is 11.3. The first-order chi connectivity index (χ1) is 18.2. The van der Waals surface area contributed by atoms with E-state index in [0.29, 0.717) is 17.9 Å². The van der Waals surface area contributed by atoms with E-state index in [2.05, 4.69) is 43.5 Å². The van der Waals surface area contributed by atoms with E-state index in [1.165, 1.54) is 0 Å². The molecular formula is C29H25N7O. The SMILES string of the molecule is CCCCC(=O)Nc1cncc(-c2ccc3[nH]nc(-c4nc5c(-c6cccnc6)cccc5[nH]4)c3c2)c1. The van der Waals surface area contributed by atoms with Crippen LogP contribution in [0.15, 0.2) is 79.4 Å². The van der Waals surface area contributed by atoms with Crippen LogP contribution in [0, 0.1) is 0 Å². The van der Waals surface area contributed by atoms with Crippen molar-refractivity contribution in [2.45, 2.75) is 26.2 Å². The van der Waals surface area contributed by atoms with E-state index in [1.807, 2.05) is 54.7 Å². The van der Waals surface area contributed by atoms with Crippen molar-refractivity contribution in [1.82, 2.24) is 30.1 Å². The van der Waals surface area contributed by atoms with Crippen molar-refractivity contribution in [2.75, 3.05) is 5.32 Å². The summed E-state index contributed by atoms with van der Waals surface area (Å²) in [6, 6.07) is 18.0. The number of benzene rings is 2. The highest BCUT2D eigenvalue weighted by Gasteiger charge is 2.16. The minimum absolute atomic E-state index is 0.00362. The molecule has 0 unspecified atom stereocenters. The highest BCUT2D eigenvalue weighted by molar-refractivity contribution is 5.98. The number of nitrogens with one attached hydrogen (secondary N) is 3. The molecule has 2 aromatic carbocycles. The lowest BCUT2D eigenvalue weighted by molar-refractivity contribution is -0.116. The van der Waals surface area contributed by atoms with E-state index < -0.39 is 0 Å². The fourth-order valence-corrected chi connectivity index (χ4v) is 4.50. The van der Waals surface area contributed by atoms with Gasteiger partial charge < -0.3 is 10.3 Å². The standard InChI is InChI=1S/C29H25N7O/c1-2-3-9-26(37)32-21-13-20(16-31-17-21)18-10-11-24-23(14-18)28(36-35-24)29-33-25-8-4-7-22(27(25)34-29)19-6-5-12-30-15-19/h4-8,10-17H,2-3,9H2,1H3,(H,32,37)(H,33,34)(H,35,36). The number of pyridine rings is 2. The first-order valence-corrected chi connectivity index (χ1v) is 12.3. The summed E-state index contributed by atoms with van der Waals surface area (Å²) in [7, 11) is 0. The number of aromatic amines is 2. The maximum atomic E-state index is 12.2. The molecule has 0 aliphatic heterocycles. The van der Waals surface area contributed by atoms with Crippen molar-refractivity contribution in [2.24, 2.45) is 0 Å². The number of hydrogen-bond acceptors (Lipinski definition) is 5. The average molecular weight is 488 g/mol. The Kier molecular flexibility index (Phi) is 5.90. The summed E-state index contributed by atoms with van der Waals surface area (Å²) in [5.74, 6) is 0.689. The van der Waals surface area contributed by atoms with Gasteiger partial charge in [0.25, 0.3) is 0 Å². The summed E-state index contributed by atoms with van der Waals surface area (Å²) in [6.07, 6.45) is 9.42. The summed E-state index contributed by atoms with van der Waals surface area (Å²) in [5, 5.41) is 11.6. The minimum atomic E-state index is 0.00362. The van der Waals surface area contributed by atoms with E-state index in [9.17, 15) is 4.79 Å². The summed E-state index contributed by atoms with van der Waals surface area (Å²) >= 11 is 0. The Labute approximate surface area is 213 Å². The number of carbonyl (C=O) groups excluding carboxylic acids is 1. The van der Waals surface area contributed by atoms with Gasteiger partial charge in [0.15, 0.2) is 5.82 Å². The molecule has 37 heavy (non-hydrogen) atoms. The van der Waals surface area contributed by atoms with E-state index in [0.717, 1.165) is 62.7 Å². The maximum Gasteiger partial charge on any atom is 0.224 e. The zero-order valence-electron chi connectivity index (χ0n) is 20.3. The van der Waals surface area contributed by atoms with Gasteiger partial charge in [-0.3, -0.25) is 19.9 Å². The Morgan fingerprint density at radius 3 is 2.70 bits per heavy atom. The second-order valence-electron chi connectivity index (χ2n) is 8.98. The van der Waals surface area contributed by atoms with Crippen LogP contribution in [0.4, 0.5) is 5.69 Å². The zero-order valence-corrected chi connectivity index (χ0v) is 20.3. The van der Waals surface area contributed by atoms with Crippen molar-refractivity contribution in [3.05, 3.63) is 79.4 Å². The summed E-state index contributed by atoms with van der Waals surface area (Å²) in [4.78, 5) is 29.2. The topological polar surface area (TPSA) is 112 Å². The summed E-state index contributed by atoms with van der Waals surface area (Å²) in [6.45, 7) is 2.07. The zero-order chi connectivity index (χ0) is 25.2. The van der Waals surface area contributed by atoms with Gasteiger partial charge in [-0.15, -0.1) is 0 Å². The molecule has 0 aliphatic rings. The molecule has 1 amide bonds. The van der Waals surface area contributed by atoms with Gasteiger partial charge in [-0.25, -0.2) is 4.98 Å². The number of hydrogen-bond donors (Lipinski definition) is 3. The van der Waals surface area contributed by atoms with E-state index >= 15 is 0 Å². The number of carbonyl (C=O) groups is 1. The van der Waals surface area contributed by atoms with Crippen LogP contribution >= 0.6 is 0 Å². The Hall–Kier alpha value is -4.85. The number of fused-ring (bicyclic) bond motifs is 2. The van der Waals surface area contributed by atoms with Gasteiger partial charge in [-0.2, -0.15) is 5.10 Å². The predicted molar refractivity (Wildman–Crippen MR) is 146 cm³/mol. The summed E-state index contributed by atoms with van der Waals surface area (Å²) in [5.41, 5.74) is 8.03. The number of H-pyrrole nitrogens is 2. The number of rotatable bonds is 7. The molecule has 0 fully saturated rings. The number of para-hydroxylation sites is 1. The third kappa shape index (κ3) is 4.45. The Morgan fingerprint density at radius 2 is 1.84 bits per heavy atom. The number of amides is 1. The first-order valence-electron chi connectivity index (χ1n) is 12.3. The van der Waals surface area contributed by atoms with E-state index in [1.54, 1.807) is 18.6 Å². The molecule has 6 rings (SSSR count). The van der Waals surface area contributed by atoms with Crippen LogP contribution in [0.25, 0.3) is 55.7 Å². The van der Waals surface area contributed by atoms with Crippen LogP contribution in [-0.4, -0.2) is 36.0 Å². The van der Waals surface area contributed by atoms with Crippen LogP contribution < -0.4 is 5.32 Å². The maximum absolute atomic E-state index is 12.2. The first kappa shape index (κ1) is 22.6. The average Bonchev–Trinajstić information content (AvgIpc) is 3.56. The molecule has 6 aromatic rings. The second kappa shape index (κ2) is 9.66. The molecular weight excluding hydrogens is 462 g/mol. The van der Waals surface area contributed by atoms with Crippen molar-refractivity contribution in [3.8, 4) is 33.8 Å². The minimum Gasteiger partial charge on any atom is -0.337 e. The van der Waals surface area contributed by atoms with Gasteiger partial charge in [0, 0.05) is 47.1 Å². The van der Waals surface area contributed by atoms with Gasteiger partial charge in [0.1, 0.15) is 5.69 Å². The number of nitrogens with zero attached hydrogens (tertiary/aromatic N) is 4. The Balaban J connectivity index is 1.37. The largest absolute Gasteiger partial charge is 0.337 e. The molecule has 8 nitrogen and oxygen atoms in total. The van der Waals surface area contributed by atoms with Crippen molar-refractivity contribution < 1.29 is 4.79 Å². The smallest absolute Gasteiger partial charge is 0.224 e. The predicted octanol–water partition coefficient (Wildman–Crippen LogP) is 6.36. The lowest BCUT2D eigenvalue weighted by atomic mass is 10.0. The molecule has 0 saturated heterocycles. The quantitative estimate of drug-likeness (QED) is 0.243. The Bertz CT molecular complexity index is 1720. The van der Waals surface area contributed by atoms with Crippen LogP contribution in [0.2, 0.25) is 0 Å². The molecule has 3 N–H and O–H groups in total. The van der Waals surface area contributed by atoms with Crippen LogP contribution in [0.5, 0.6) is 0 Å². The third-order valence-electron chi connectivity index (χ3n) is 6.39. The van der Waals surface area contributed by atoms with Crippen molar-refractivity contribution in [1.29, 1.82) is 0 Å². The lowest BCUT2D eigenvalue weighted by Crippen LogP contribution is -2.11. The van der Waals surface area contributed by atoms with Gasteiger partial charge in [0.05, 0.1) is 28.4 Å². The van der Waals surface area contributed by atoms with Gasteiger partial charge in [-0.1, -0.05) is 37.6 Å². The number of imidazole rings is 1. The molecule has 0 saturated carbocycles. The summed E-state index contributed by atoms with van der Waals surface area (Å²) < 4.78 is 0. The second-order valence-corrected chi connectivity index (χ2v) is 8.98. The van der Waals surface area contributed by atoms with E-state index in [4.69, 9.17) is 4.98 Å². The van der Waals surface area contributed by atoms with Crippen LogP contribution in [0.3, 0.4) is 0 Å². The molecule has 4 heterocycles. The molecule has 0 atom stereocenters. The van der Waals surface area contributed by atoms with Gasteiger partial charge in [-0.05, 0) is 42.3 Å². The number of anilines is 1. The molecule has 0 radical (unpaired) electrons. The van der Waals surface area contributed by atoms with Gasteiger partial charge >= 0.3 is 0 Å². The highest BCUT2D eigenvalue weighted by Crippen LogP contribution is 2.33. The molecule has 8 heteroatoms. The third-order valence-corrected chi connectivity index (χ3v) is 6.39. The number of unbranched alkanes of at least 4 members (excludes halogenated alkanes) is 1. The van der Waals surface area contributed by atoms with Crippen molar-refractivity contribution in [3.63, 3.8) is 0 Å². The monoisotopic (exact) mass is 487 g/mol. The molecule has 0 spiro atoms. The Morgan fingerprint density at radius 1 is 0.919 bits per heavy atom. The fraction of sp³-hybridized carbons (Fsp3) is 0.138. The van der Waals surface area contributed by atoms with Crippen LogP contribution in [0.1, 0.15) is 26.2 Å². The van der Waals surface area contributed by atoms with Crippen molar-refractivity contribution >= 4 is 33.5 Å². The number of aromatic nitrogens is 6. The fourth-order valence-electron chi connectivity index (χ4n) is 4.50. The molecule has 0 bridgehead atoms. The van der Waals surface area contributed by atoms with Crippen LogP contribution in [-0.2, 0) is 4.79 Å². The van der Waals surface area contributed by atoms with E-state index in [-0.39, 0.29) is 5.91 Å².